The molecule has 0 saturated carbocycles. The molecule has 4 aromatic heterocycles. The Bertz CT molecular complexity index is 2660. The average molecular weight is 605 g/mol. The molecule has 4 heterocycles. The zero-order valence-corrected chi connectivity index (χ0v) is 25.4. The minimum atomic E-state index is 1.27. The van der Waals surface area contributed by atoms with Gasteiger partial charge in [0.05, 0.1) is 9.40 Å². The summed E-state index contributed by atoms with van der Waals surface area (Å²) in [6.07, 6.45) is 0. The van der Waals surface area contributed by atoms with E-state index in [4.69, 9.17) is 0 Å². The summed E-state index contributed by atoms with van der Waals surface area (Å²) in [6, 6.07) is 45.5. The maximum atomic E-state index is 2.40. The SMILES string of the molecule is c1ccc2cc3c(cc2c1)sc1c2cc4ccc(-c5ccc6sc(-c7cc8ccccc8s7)cc6c5)cc4cc2sc31. The van der Waals surface area contributed by atoms with Crippen molar-refractivity contribution >= 4 is 117 Å². The van der Waals surface area contributed by atoms with Crippen molar-refractivity contribution in [2.24, 2.45) is 0 Å². The van der Waals surface area contributed by atoms with E-state index >= 15 is 0 Å². The fraction of sp³-hybridized carbons (Fsp3) is 0. The van der Waals surface area contributed by atoms with E-state index in [0.29, 0.717) is 0 Å². The van der Waals surface area contributed by atoms with Crippen LogP contribution in [0.1, 0.15) is 0 Å². The van der Waals surface area contributed by atoms with Gasteiger partial charge in [-0.2, -0.15) is 0 Å². The molecule has 0 aliphatic heterocycles. The second-order valence-corrected chi connectivity index (χ2v) is 15.3. The Morgan fingerprint density at radius 2 is 0.833 bits per heavy atom. The van der Waals surface area contributed by atoms with E-state index in [1.165, 1.54) is 92.2 Å². The lowest BCUT2D eigenvalue weighted by Crippen LogP contribution is -1.79. The average Bonchev–Trinajstić information content (AvgIpc) is 3.79. The standard InChI is InChI=1S/C38H20S4/c1-2-6-22-17-33-29(15-21(22)5-1)37-38(41-33)30-16-25-10-9-23(13-27(25)19-34(30)42-37)24-11-12-32-28(14-24)20-36(40-32)35-18-26-7-3-4-8-31(26)39-35/h1-20H. The summed E-state index contributed by atoms with van der Waals surface area (Å²) in [6.45, 7) is 0. The Kier molecular flexibility index (Phi) is 4.88. The summed E-state index contributed by atoms with van der Waals surface area (Å²) in [5.41, 5.74) is 2.55. The molecule has 0 nitrogen and oxygen atoms in total. The summed E-state index contributed by atoms with van der Waals surface area (Å²) in [5, 5.41) is 10.7. The molecule has 4 heteroatoms. The Morgan fingerprint density at radius 1 is 0.310 bits per heavy atom. The first-order valence-electron chi connectivity index (χ1n) is 14.0. The molecular formula is C38H20S4. The first-order chi connectivity index (χ1) is 20.7. The van der Waals surface area contributed by atoms with Gasteiger partial charge in [-0.25, -0.2) is 0 Å². The first-order valence-corrected chi connectivity index (χ1v) is 17.2. The second kappa shape index (κ2) is 8.73. The topological polar surface area (TPSA) is 0 Å². The van der Waals surface area contributed by atoms with E-state index in [1.54, 1.807) is 0 Å². The molecule has 0 radical (unpaired) electrons. The minimum Gasteiger partial charge on any atom is -0.134 e. The lowest BCUT2D eigenvalue weighted by molar-refractivity contribution is 1.71. The summed E-state index contributed by atoms with van der Waals surface area (Å²) in [5.74, 6) is 0. The molecule has 0 atom stereocenters. The van der Waals surface area contributed by atoms with Crippen LogP contribution in [0.25, 0.3) is 92.2 Å². The number of hydrogen-bond donors (Lipinski definition) is 0. The summed E-state index contributed by atoms with van der Waals surface area (Å²) < 4.78 is 8.28. The van der Waals surface area contributed by atoms with Crippen LogP contribution in [0.2, 0.25) is 0 Å². The summed E-state index contributed by atoms with van der Waals surface area (Å²) >= 11 is 7.65. The van der Waals surface area contributed by atoms with Crippen LogP contribution in [0.15, 0.2) is 121 Å². The van der Waals surface area contributed by atoms with Gasteiger partial charge in [0.2, 0.25) is 0 Å². The monoisotopic (exact) mass is 604 g/mol. The number of hydrogen-bond acceptors (Lipinski definition) is 4. The smallest absolute Gasteiger partial charge is 0.0542 e. The van der Waals surface area contributed by atoms with Crippen molar-refractivity contribution in [2.45, 2.75) is 0 Å². The Hall–Kier alpha value is -4.06. The Balaban J connectivity index is 1.07. The highest BCUT2D eigenvalue weighted by atomic mass is 32.1. The first kappa shape index (κ1) is 23.5. The van der Waals surface area contributed by atoms with Crippen LogP contribution < -0.4 is 0 Å². The lowest BCUT2D eigenvalue weighted by atomic mass is 9.99. The molecule has 10 rings (SSSR count). The Morgan fingerprint density at radius 3 is 1.55 bits per heavy atom. The van der Waals surface area contributed by atoms with Crippen molar-refractivity contribution < 1.29 is 0 Å². The van der Waals surface area contributed by atoms with E-state index < -0.39 is 0 Å². The van der Waals surface area contributed by atoms with E-state index in [1.807, 2.05) is 45.3 Å². The molecule has 0 saturated heterocycles. The van der Waals surface area contributed by atoms with Gasteiger partial charge >= 0.3 is 0 Å². The highest BCUT2D eigenvalue weighted by Gasteiger charge is 2.15. The van der Waals surface area contributed by atoms with Gasteiger partial charge in [-0.15, -0.1) is 45.3 Å². The van der Waals surface area contributed by atoms with Crippen LogP contribution in [0.5, 0.6) is 0 Å². The molecule has 0 aliphatic carbocycles. The lowest BCUT2D eigenvalue weighted by Gasteiger charge is -2.05. The van der Waals surface area contributed by atoms with Gasteiger partial charge < -0.3 is 0 Å². The predicted octanol–water partition coefficient (Wildman–Crippen LogP) is 13.3. The van der Waals surface area contributed by atoms with Crippen LogP contribution in [-0.2, 0) is 0 Å². The van der Waals surface area contributed by atoms with Gasteiger partial charge in [0.15, 0.2) is 0 Å². The van der Waals surface area contributed by atoms with Crippen molar-refractivity contribution in [1.29, 1.82) is 0 Å². The molecule has 10 aromatic rings. The van der Waals surface area contributed by atoms with Crippen molar-refractivity contribution in [2.75, 3.05) is 0 Å². The molecule has 6 aromatic carbocycles. The van der Waals surface area contributed by atoms with Crippen LogP contribution in [0.4, 0.5) is 0 Å². The number of fused-ring (bicyclic) bond motifs is 9. The highest BCUT2D eigenvalue weighted by molar-refractivity contribution is 7.36. The fourth-order valence-corrected chi connectivity index (χ4v) is 11.2. The van der Waals surface area contributed by atoms with Gasteiger partial charge in [-0.05, 0) is 104 Å². The normalized spacial score (nSPS) is 12.3. The molecule has 0 bridgehead atoms. The van der Waals surface area contributed by atoms with Gasteiger partial charge in [-0.1, -0.05) is 60.7 Å². The summed E-state index contributed by atoms with van der Waals surface area (Å²) in [7, 11) is 0. The summed E-state index contributed by atoms with van der Waals surface area (Å²) in [4.78, 5) is 2.70. The molecule has 0 N–H and O–H groups in total. The van der Waals surface area contributed by atoms with E-state index in [2.05, 4.69) is 121 Å². The fourth-order valence-electron chi connectivity index (χ4n) is 6.31. The molecule has 0 unspecified atom stereocenters. The van der Waals surface area contributed by atoms with Crippen LogP contribution in [0, 0.1) is 0 Å². The highest BCUT2D eigenvalue weighted by Crippen LogP contribution is 2.47. The molecule has 196 valence electrons. The Labute approximate surface area is 257 Å². The van der Waals surface area contributed by atoms with Crippen molar-refractivity contribution in [3.8, 4) is 20.9 Å². The van der Waals surface area contributed by atoms with Gasteiger partial charge in [-0.3, -0.25) is 0 Å². The molecular weight excluding hydrogens is 585 g/mol. The van der Waals surface area contributed by atoms with Crippen LogP contribution >= 0.6 is 45.3 Å². The van der Waals surface area contributed by atoms with Crippen molar-refractivity contribution in [1.82, 2.24) is 0 Å². The minimum absolute atomic E-state index is 1.27. The van der Waals surface area contributed by atoms with Crippen molar-refractivity contribution in [3.63, 3.8) is 0 Å². The molecule has 0 spiro atoms. The van der Waals surface area contributed by atoms with Gasteiger partial charge in [0, 0.05) is 39.3 Å². The molecule has 42 heavy (non-hydrogen) atoms. The zero-order chi connectivity index (χ0) is 27.4. The maximum absolute atomic E-state index is 2.40. The maximum Gasteiger partial charge on any atom is 0.0542 e. The number of thiophene rings is 4. The third-order valence-corrected chi connectivity index (χ3v) is 13.4. The second-order valence-electron chi connectivity index (χ2n) is 11.0. The third kappa shape index (κ3) is 3.50. The van der Waals surface area contributed by atoms with Crippen molar-refractivity contribution in [3.05, 3.63) is 121 Å². The molecule has 0 amide bonds. The largest absolute Gasteiger partial charge is 0.134 e. The van der Waals surface area contributed by atoms with Gasteiger partial charge in [0.25, 0.3) is 0 Å². The number of rotatable bonds is 2. The third-order valence-electron chi connectivity index (χ3n) is 8.42. The van der Waals surface area contributed by atoms with E-state index in [0.717, 1.165) is 0 Å². The van der Waals surface area contributed by atoms with Crippen LogP contribution in [-0.4, -0.2) is 0 Å². The predicted molar refractivity (Wildman–Crippen MR) is 191 cm³/mol. The van der Waals surface area contributed by atoms with Crippen LogP contribution in [0.3, 0.4) is 0 Å². The van der Waals surface area contributed by atoms with Gasteiger partial charge in [0.1, 0.15) is 0 Å². The molecule has 0 aliphatic rings. The quantitative estimate of drug-likeness (QED) is 0.184. The zero-order valence-electron chi connectivity index (χ0n) is 22.2. The van der Waals surface area contributed by atoms with E-state index in [9.17, 15) is 0 Å². The number of benzene rings is 6. The molecule has 0 fully saturated rings. The van der Waals surface area contributed by atoms with E-state index in [-0.39, 0.29) is 0 Å².